The molecular weight excluding hydrogens is 726 g/mol. The van der Waals surface area contributed by atoms with E-state index in [1.54, 1.807) is 21.8 Å². The number of aliphatic hydroxyl groups is 1. The molecule has 11 nitrogen and oxygen atoms in total. The fourth-order valence-corrected chi connectivity index (χ4v) is 5.41. The van der Waals surface area contributed by atoms with Crippen molar-refractivity contribution in [2.75, 3.05) is 32.8 Å². The predicted molar refractivity (Wildman–Crippen MR) is 232 cm³/mol. The zero-order chi connectivity index (χ0) is 42.0. The Bertz CT molecular complexity index is 1810. The van der Waals surface area contributed by atoms with Crippen LogP contribution < -0.4 is 0 Å². The van der Waals surface area contributed by atoms with Crippen LogP contribution in [0.15, 0.2) is 84.3 Å². The maximum atomic E-state index is 11.4. The van der Waals surface area contributed by atoms with Crippen LogP contribution in [0.5, 0.6) is 0 Å². The van der Waals surface area contributed by atoms with E-state index in [9.17, 15) is 9.59 Å². The second-order valence-electron chi connectivity index (χ2n) is 13.0. The van der Waals surface area contributed by atoms with Gasteiger partial charge >= 0.3 is 0 Å². The molecule has 0 bridgehead atoms. The van der Waals surface area contributed by atoms with Crippen molar-refractivity contribution in [3.05, 3.63) is 119 Å². The molecule has 5 rings (SSSR count). The van der Waals surface area contributed by atoms with Crippen LogP contribution >= 0.6 is 11.6 Å². The molecule has 1 aliphatic heterocycles. The SMILES string of the molecule is C1CCOC1.C=CC(=O)Cc1cc(C)c(C=Nc2cnn(C)c2)c(C)c1.C=CC(=O)Cl.CCN(CC)CC.Cc1cc(CO)cc(C)c1C=Nc1cnn(C)c1. The molecule has 1 fully saturated rings. The summed E-state index contributed by atoms with van der Waals surface area (Å²) in [4.78, 5) is 32.1. The molecule has 0 saturated carbocycles. The zero-order valence-corrected chi connectivity index (χ0v) is 35.6. The highest BCUT2D eigenvalue weighted by molar-refractivity contribution is 6.66. The van der Waals surface area contributed by atoms with Crippen molar-refractivity contribution >= 4 is 46.4 Å². The van der Waals surface area contributed by atoms with Crippen LogP contribution in [0.4, 0.5) is 11.4 Å². The third-order valence-corrected chi connectivity index (χ3v) is 8.65. The van der Waals surface area contributed by atoms with Gasteiger partial charge < -0.3 is 14.7 Å². The first-order valence-electron chi connectivity index (χ1n) is 18.8. The van der Waals surface area contributed by atoms with Gasteiger partial charge in [-0.05, 0) is 128 Å². The molecule has 2 aromatic carbocycles. The summed E-state index contributed by atoms with van der Waals surface area (Å²) in [6.07, 6.45) is 16.2. The van der Waals surface area contributed by atoms with Crippen LogP contribution in [-0.2, 0) is 41.4 Å². The topological polar surface area (TPSA) is 127 Å². The Morgan fingerprint density at radius 3 is 1.43 bits per heavy atom. The van der Waals surface area contributed by atoms with E-state index < -0.39 is 5.24 Å². The Morgan fingerprint density at radius 1 is 0.786 bits per heavy atom. The average Bonchev–Trinajstić information content (AvgIpc) is 3.98. The minimum atomic E-state index is -0.509. The van der Waals surface area contributed by atoms with E-state index in [1.165, 1.54) is 38.6 Å². The van der Waals surface area contributed by atoms with Gasteiger partial charge in [0.2, 0.25) is 5.24 Å². The van der Waals surface area contributed by atoms with Crippen molar-refractivity contribution in [1.82, 2.24) is 24.5 Å². The lowest BCUT2D eigenvalue weighted by Gasteiger charge is -2.13. The fourth-order valence-electron chi connectivity index (χ4n) is 5.41. The molecule has 4 aromatic rings. The van der Waals surface area contributed by atoms with Crippen LogP contribution in [0.1, 0.15) is 78.1 Å². The number of aliphatic hydroxyl groups excluding tert-OH is 1. The van der Waals surface area contributed by atoms with Gasteiger partial charge in [-0.25, -0.2) is 0 Å². The lowest BCUT2D eigenvalue weighted by molar-refractivity contribution is -0.114. The number of rotatable bonds is 12. The molecule has 2 aromatic heterocycles. The number of aryl methyl sites for hydroxylation is 6. The Morgan fingerprint density at radius 2 is 1.18 bits per heavy atom. The molecule has 0 amide bonds. The molecule has 0 radical (unpaired) electrons. The second kappa shape index (κ2) is 27.7. The largest absolute Gasteiger partial charge is 0.392 e. The number of carbonyl (C=O) groups is 2. The highest BCUT2D eigenvalue weighted by atomic mass is 35.5. The number of ether oxygens (including phenoxy) is 1. The quantitative estimate of drug-likeness (QED) is 0.0868. The summed E-state index contributed by atoms with van der Waals surface area (Å²) in [7, 11) is 3.73. The molecule has 304 valence electrons. The molecule has 1 aliphatic rings. The number of aliphatic imine (C=N–C) groups is 2. The number of benzene rings is 2. The van der Waals surface area contributed by atoms with Crippen LogP contribution in [0, 0.1) is 27.7 Å². The van der Waals surface area contributed by atoms with E-state index in [-0.39, 0.29) is 12.4 Å². The molecule has 1 saturated heterocycles. The zero-order valence-electron chi connectivity index (χ0n) is 34.9. The standard InChI is InChI=1S/C17H19N3O.C14H17N3O.C6H15N.C4H8O.C3H3ClO/c1-5-16(21)8-14-6-12(2)17(13(3)7-14)10-18-15-9-19-20(4)11-15;1-10-4-12(9-18)5-11(2)14(10)7-15-13-6-16-17(3)8-13;1-4-7(5-2)6-3;1-2-4-5-3-1;1-2-3(4)5/h5-7,9-11H,1,8H2,2-4H3;4-8,18H,9H2,1-3H3;4-6H2,1-3H3;1-4H2;2H,1H2. The lowest BCUT2D eigenvalue weighted by atomic mass is 9.97. The number of allylic oxidation sites excluding steroid dienone is 2. The van der Waals surface area contributed by atoms with Crippen LogP contribution in [0.25, 0.3) is 0 Å². The van der Waals surface area contributed by atoms with Crippen molar-refractivity contribution in [1.29, 1.82) is 0 Å². The first kappa shape index (κ1) is 49.2. The van der Waals surface area contributed by atoms with Crippen molar-refractivity contribution < 1.29 is 19.4 Å². The Balaban J connectivity index is 0.000000400. The first-order chi connectivity index (χ1) is 26.7. The van der Waals surface area contributed by atoms with Gasteiger partial charge in [0, 0.05) is 46.2 Å². The van der Waals surface area contributed by atoms with Crippen molar-refractivity contribution in [3.8, 4) is 0 Å². The number of aromatic nitrogens is 4. The maximum Gasteiger partial charge on any atom is 0.244 e. The number of carbonyl (C=O) groups excluding carboxylic acids is 2. The molecule has 56 heavy (non-hydrogen) atoms. The average molecular weight is 788 g/mol. The van der Waals surface area contributed by atoms with Crippen LogP contribution in [0.2, 0.25) is 0 Å². The summed E-state index contributed by atoms with van der Waals surface area (Å²) in [5.74, 6) is 0.0329. The van der Waals surface area contributed by atoms with Crippen molar-refractivity contribution in [2.45, 2.75) is 74.3 Å². The molecule has 0 atom stereocenters. The van der Waals surface area contributed by atoms with Gasteiger partial charge in [0.15, 0.2) is 5.78 Å². The van der Waals surface area contributed by atoms with E-state index in [1.807, 2.05) is 90.9 Å². The van der Waals surface area contributed by atoms with E-state index in [0.29, 0.717) is 6.42 Å². The summed E-state index contributed by atoms with van der Waals surface area (Å²) in [5, 5.41) is 16.8. The van der Waals surface area contributed by atoms with E-state index in [2.05, 4.69) is 59.0 Å². The van der Waals surface area contributed by atoms with Gasteiger partial charge in [0.1, 0.15) is 11.4 Å². The predicted octanol–water partition coefficient (Wildman–Crippen LogP) is 8.45. The lowest BCUT2D eigenvalue weighted by Crippen LogP contribution is -2.21. The summed E-state index contributed by atoms with van der Waals surface area (Å²) in [5.41, 5.74) is 10.2. The third kappa shape index (κ3) is 19.7. The van der Waals surface area contributed by atoms with Crippen molar-refractivity contribution in [2.24, 2.45) is 24.1 Å². The van der Waals surface area contributed by atoms with Gasteiger partial charge in [0.25, 0.3) is 0 Å². The number of nitrogens with zero attached hydrogens (tertiary/aromatic N) is 7. The van der Waals surface area contributed by atoms with E-state index in [4.69, 9.17) is 21.4 Å². The van der Waals surface area contributed by atoms with Gasteiger partial charge in [-0.15, -0.1) is 0 Å². The van der Waals surface area contributed by atoms with E-state index in [0.717, 1.165) is 75.2 Å². The molecule has 0 aliphatic carbocycles. The Labute approximate surface area is 339 Å². The highest BCUT2D eigenvalue weighted by Crippen LogP contribution is 2.19. The number of halogens is 1. The smallest absolute Gasteiger partial charge is 0.244 e. The number of hydrogen-bond donors (Lipinski definition) is 1. The van der Waals surface area contributed by atoms with Gasteiger partial charge in [0.05, 0.1) is 31.4 Å². The molecule has 3 heterocycles. The van der Waals surface area contributed by atoms with Gasteiger partial charge in [-0.2, -0.15) is 10.2 Å². The number of hydrogen-bond acceptors (Lipinski definition) is 9. The molecule has 0 spiro atoms. The molecular formula is C44H62ClN7O4. The summed E-state index contributed by atoms with van der Waals surface area (Å²) < 4.78 is 8.39. The van der Waals surface area contributed by atoms with Crippen LogP contribution in [-0.4, -0.2) is 85.9 Å². The number of ketones is 1. The first-order valence-corrected chi connectivity index (χ1v) is 19.2. The third-order valence-electron chi connectivity index (χ3n) is 8.49. The summed E-state index contributed by atoms with van der Waals surface area (Å²) in [6, 6.07) is 8.02. The van der Waals surface area contributed by atoms with Gasteiger partial charge in [-0.3, -0.25) is 28.9 Å². The minimum Gasteiger partial charge on any atom is -0.392 e. The normalized spacial score (nSPS) is 11.8. The monoisotopic (exact) mass is 787 g/mol. The van der Waals surface area contributed by atoms with Gasteiger partial charge in [-0.1, -0.05) is 58.2 Å². The molecule has 12 heteroatoms. The summed E-state index contributed by atoms with van der Waals surface area (Å²) in [6.45, 7) is 26.9. The highest BCUT2D eigenvalue weighted by Gasteiger charge is 2.07. The van der Waals surface area contributed by atoms with Crippen molar-refractivity contribution in [3.63, 3.8) is 0 Å². The Hall–Kier alpha value is -4.81. The van der Waals surface area contributed by atoms with Crippen LogP contribution in [0.3, 0.4) is 0 Å². The fraction of sp³-hybridized carbons (Fsp3) is 0.409. The summed E-state index contributed by atoms with van der Waals surface area (Å²) >= 11 is 4.71. The molecule has 1 N–H and O–H groups in total. The Kier molecular flexibility index (Phi) is 24.4. The molecule has 0 unspecified atom stereocenters. The van der Waals surface area contributed by atoms with E-state index >= 15 is 0 Å². The maximum absolute atomic E-state index is 11.4. The minimum absolute atomic E-state index is 0.0329. The second-order valence-corrected chi connectivity index (χ2v) is 13.4.